The Balaban J connectivity index is 1.94. The summed E-state index contributed by atoms with van der Waals surface area (Å²) >= 11 is 0. The summed E-state index contributed by atoms with van der Waals surface area (Å²) in [6, 6.07) is 5.11. The van der Waals surface area contributed by atoms with E-state index < -0.39 is 0 Å². The van der Waals surface area contributed by atoms with Crippen LogP contribution >= 0.6 is 0 Å². The molecule has 0 fully saturated rings. The Morgan fingerprint density at radius 2 is 2.06 bits per heavy atom. The number of H-pyrrole nitrogens is 1. The molecule has 0 saturated heterocycles. The number of carbonyl (C=O) groups is 1. The van der Waals surface area contributed by atoms with Gasteiger partial charge in [0.1, 0.15) is 6.33 Å². The number of aromatic nitrogens is 3. The van der Waals surface area contributed by atoms with Crippen LogP contribution in [-0.2, 0) is 0 Å². The van der Waals surface area contributed by atoms with Crippen LogP contribution in [0.25, 0.3) is 0 Å². The molecule has 1 N–H and O–H groups in total. The van der Waals surface area contributed by atoms with Crippen LogP contribution in [0.2, 0.25) is 0 Å². The van der Waals surface area contributed by atoms with Gasteiger partial charge >= 0.3 is 0 Å². The zero-order valence-electron chi connectivity index (χ0n) is 9.55. The lowest BCUT2D eigenvalue weighted by atomic mass is 10.1. The Labute approximate surface area is 103 Å². The van der Waals surface area contributed by atoms with Crippen molar-refractivity contribution in [2.24, 2.45) is 0 Å². The van der Waals surface area contributed by atoms with E-state index in [0.717, 1.165) is 6.42 Å². The lowest BCUT2D eigenvalue weighted by Gasteiger charge is -2.07. The second kappa shape index (κ2) is 4.48. The van der Waals surface area contributed by atoms with E-state index in [1.807, 2.05) is 0 Å². The van der Waals surface area contributed by atoms with Crippen LogP contribution in [0.3, 0.4) is 0 Å². The van der Waals surface area contributed by atoms with Crippen molar-refractivity contribution in [3.05, 3.63) is 35.9 Å². The molecule has 6 nitrogen and oxygen atoms in total. The van der Waals surface area contributed by atoms with Crippen molar-refractivity contribution in [3.8, 4) is 11.5 Å². The van der Waals surface area contributed by atoms with Gasteiger partial charge in [0.2, 0.25) is 5.78 Å². The van der Waals surface area contributed by atoms with E-state index in [4.69, 9.17) is 9.47 Å². The molecule has 0 bridgehead atoms. The SMILES string of the molecule is O=C(c1ccc2c(c1)OCCCO2)c1ncn[nH]1. The molecule has 18 heavy (non-hydrogen) atoms. The first-order valence-electron chi connectivity index (χ1n) is 5.64. The standard InChI is InChI=1S/C12H11N3O3/c16-11(12-13-7-14-15-12)8-2-3-9-10(6-8)18-5-1-4-17-9/h2-3,6-7H,1,4-5H2,(H,13,14,15). The summed E-state index contributed by atoms with van der Waals surface area (Å²) in [6.45, 7) is 1.22. The van der Waals surface area contributed by atoms with E-state index in [9.17, 15) is 4.79 Å². The summed E-state index contributed by atoms with van der Waals surface area (Å²) < 4.78 is 11.0. The first kappa shape index (κ1) is 10.8. The highest BCUT2D eigenvalue weighted by Gasteiger charge is 2.16. The van der Waals surface area contributed by atoms with E-state index in [2.05, 4.69) is 15.2 Å². The molecule has 0 aliphatic carbocycles. The Kier molecular flexibility index (Phi) is 2.68. The minimum absolute atomic E-state index is 0.212. The van der Waals surface area contributed by atoms with Crippen LogP contribution < -0.4 is 9.47 Å². The summed E-state index contributed by atoms with van der Waals surface area (Å²) in [5.74, 6) is 1.26. The van der Waals surface area contributed by atoms with Gasteiger partial charge in [-0.25, -0.2) is 4.98 Å². The minimum atomic E-state index is -0.219. The molecule has 0 spiro atoms. The molecule has 1 aromatic carbocycles. The third-order valence-electron chi connectivity index (χ3n) is 2.64. The summed E-state index contributed by atoms with van der Waals surface area (Å²) in [5, 5.41) is 6.20. The van der Waals surface area contributed by atoms with E-state index in [0.29, 0.717) is 30.3 Å². The van der Waals surface area contributed by atoms with E-state index >= 15 is 0 Å². The fourth-order valence-corrected chi connectivity index (χ4v) is 1.76. The highest BCUT2D eigenvalue weighted by molar-refractivity contribution is 6.06. The maximum Gasteiger partial charge on any atom is 0.229 e. The molecule has 0 saturated carbocycles. The first-order valence-corrected chi connectivity index (χ1v) is 5.64. The summed E-state index contributed by atoms with van der Waals surface area (Å²) in [6.07, 6.45) is 2.14. The summed E-state index contributed by atoms with van der Waals surface area (Å²) in [4.78, 5) is 15.9. The van der Waals surface area contributed by atoms with E-state index in [-0.39, 0.29) is 11.6 Å². The number of ether oxygens (including phenoxy) is 2. The molecular weight excluding hydrogens is 234 g/mol. The van der Waals surface area contributed by atoms with Crippen molar-refractivity contribution in [2.45, 2.75) is 6.42 Å². The normalized spacial score (nSPS) is 14.0. The molecule has 1 aliphatic rings. The number of nitrogens with one attached hydrogen (secondary N) is 1. The number of fused-ring (bicyclic) bond motifs is 1. The number of hydrogen-bond acceptors (Lipinski definition) is 5. The van der Waals surface area contributed by atoms with E-state index in [1.165, 1.54) is 6.33 Å². The van der Waals surface area contributed by atoms with Gasteiger partial charge in [-0.3, -0.25) is 9.89 Å². The van der Waals surface area contributed by atoms with Crippen molar-refractivity contribution in [1.82, 2.24) is 15.2 Å². The number of carbonyl (C=O) groups excluding carboxylic acids is 1. The van der Waals surface area contributed by atoms with Crippen molar-refractivity contribution in [2.75, 3.05) is 13.2 Å². The average Bonchev–Trinajstić information content (AvgIpc) is 2.83. The number of nitrogens with zero attached hydrogens (tertiary/aromatic N) is 2. The third kappa shape index (κ3) is 1.92. The highest BCUT2D eigenvalue weighted by atomic mass is 16.5. The molecule has 0 unspecified atom stereocenters. The zero-order chi connectivity index (χ0) is 12.4. The highest BCUT2D eigenvalue weighted by Crippen LogP contribution is 2.30. The summed E-state index contributed by atoms with van der Waals surface area (Å²) in [7, 11) is 0. The van der Waals surface area contributed by atoms with Gasteiger partial charge in [0.15, 0.2) is 17.3 Å². The summed E-state index contributed by atoms with van der Waals surface area (Å²) in [5.41, 5.74) is 0.496. The van der Waals surface area contributed by atoms with Crippen molar-refractivity contribution in [3.63, 3.8) is 0 Å². The predicted octanol–water partition coefficient (Wildman–Crippen LogP) is 1.20. The number of aromatic amines is 1. The fourth-order valence-electron chi connectivity index (χ4n) is 1.76. The zero-order valence-corrected chi connectivity index (χ0v) is 9.55. The second-order valence-corrected chi connectivity index (χ2v) is 3.88. The average molecular weight is 245 g/mol. The van der Waals surface area contributed by atoms with Crippen molar-refractivity contribution in [1.29, 1.82) is 0 Å². The lowest BCUT2D eigenvalue weighted by molar-refractivity contribution is 0.102. The van der Waals surface area contributed by atoms with Gasteiger partial charge in [-0.1, -0.05) is 0 Å². The van der Waals surface area contributed by atoms with Gasteiger partial charge in [-0.2, -0.15) is 5.10 Å². The molecule has 6 heteroatoms. The first-order chi connectivity index (χ1) is 8.84. The maximum atomic E-state index is 12.0. The Hall–Kier alpha value is -2.37. The van der Waals surface area contributed by atoms with Gasteiger partial charge in [0.05, 0.1) is 13.2 Å². The van der Waals surface area contributed by atoms with Crippen LogP contribution in [0.5, 0.6) is 11.5 Å². The van der Waals surface area contributed by atoms with Gasteiger partial charge in [-0.15, -0.1) is 0 Å². The number of hydrogen-bond donors (Lipinski definition) is 1. The van der Waals surface area contributed by atoms with Gasteiger partial charge in [0.25, 0.3) is 0 Å². The fraction of sp³-hybridized carbons (Fsp3) is 0.250. The van der Waals surface area contributed by atoms with Gasteiger partial charge in [-0.05, 0) is 18.2 Å². The van der Waals surface area contributed by atoms with Crippen molar-refractivity contribution >= 4 is 5.78 Å². The molecule has 0 atom stereocenters. The number of ketones is 1. The molecule has 1 aromatic heterocycles. The Bertz CT molecular complexity index is 566. The largest absolute Gasteiger partial charge is 0.490 e. The van der Waals surface area contributed by atoms with Crippen LogP contribution in [0.15, 0.2) is 24.5 Å². The monoisotopic (exact) mass is 245 g/mol. The minimum Gasteiger partial charge on any atom is -0.490 e. The van der Waals surface area contributed by atoms with Gasteiger partial charge < -0.3 is 9.47 Å². The second-order valence-electron chi connectivity index (χ2n) is 3.88. The molecular formula is C12H11N3O3. The Morgan fingerprint density at radius 3 is 2.83 bits per heavy atom. The number of rotatable bonds is 2. The molecule has 1 aliphatic heterocycles. The van der Waals surface area contributed by atoms with Crippen LogP contribution in [0.1, 0.15) is 22.6 Å². The molecule has 3 rings (SSSR count). The molecule has 0 amide bonds. The van der Waals surface area contributed by atoms with Crippen LogP contribution in [0.4, 0.5) is 0 Å². The van der Waals surface area contributed by atoms with Crippen molar-refractivity contribution < 1.29 is 14.3 Å². The molecule has 92 valence electrons. The third-order valence-corrected chi connectivity index (χ3v) is 2.64. The van der Waals surface area contributed by atoms with E-state index in [1.54, 1.807) is 18.2 Å². The molecule has 2 heterocycles. The maximum absolute atomic E-state index is 12.0. The van der Waals surface area contributed by atoms with Crippen LogP contribution in [-0.4, -0.2) is 34.2 Å². The number of benzene rings is 1. The molecule has 2 aromatic rings. The van der Waals surface area contributed by atoms with Gasteiger partial charge in [0, 0.05) is 12.0 Å². The van der Waals surface area contributed by atoms with Crippen LogP contribution in [0, 0.1) is 0 Å². The lowest BCUT2D eigenvalue weighted by Crippen LogP contribution is -2.04. The predicted molar refractivity (Wildman–Crippen MR) is 61.9 cm³/mol. The quantitative estimate of drug-likeness (QED) is 0.804. The Morgan fingerprint density at radius 1 is 1.22 bits per heavy atom. The topological polar surface area (TPSA) is 77.1 Å². The molecule has 0 radical (unpaired) electrons. The smallest absolute Gasteiger partial charge is 0.229 e.